The van der Waals surface area contributed by atoms with Crippen molar-refractivity contribution in [1.82, 2.24) is 0 Å². The van der Waals surface area contributed by atoms with Crippen LogP contribution in [0, 0.1) is 6.92 Å². The zero-order chi connectivity index (χ0) is 20.5. The number of ether oxygens (including phenoxy) is 1. The van der Waals surface area contributed by atoms with Crippen molar-refractivity contribution in [3.8, 4) is 0 Å². The Hall–Kier alpha value is -2.73. The molecule has 0 heterocycles. The van der Waals surface area contributed by atoms with Gasteiger partial charge in [0.05, 0.1) is 12.3 Å². The van der Waals surface area contributed by atoms with E-state index >= 15 is 0 Å². The Labute approximate surface area is 179 Å². The van der Waals surface area contributed by atoms with Crippen LogP contribution >= 0.6 is 12.4 Å². The number of hydrazone groups is 1. The van der Waals surface area contributed by atoms with Crippen LogP contribution < -0.4 is 16.1 Å². The smallest absolute Gasteiger partial charge is 0.302 e. The Morgan fingerprint density at radius 3 is 2.41 bits per heavy atom. The third-order valence-electron chi connectivity index (χ3n) is 4.54. The summed E-state index contributed by atoms with van der Waals surface area (Å²) in [6.45, 7) is 9.92. The lowest BCUT2D eigenvalue weighted by molar-refractivity contribution is -0.141. The van der Waals surface area contributed by atoms with E-state index in [0.29, 0.717) is 0 Å². The van der Waals surface area contributed by atoms with Crippen molar-refractivity contribution in [3.63, 3.8) is 0 Å². The molecule has 0 amide bonds. The van der Waals surface area contributed by atoms with Gasteiger partial charge in [0.15, 0.2) is 0 Å². The third kappa shape index (κ3) is 7.31. The third-order valence-corrected chi connectivity index (χ3v) is 4.54. The highest BCUT2D eigenvalue weighted by Crippen LogP contribution is 2.26. The highest BCUT2D eigenvalue weighted by atomic mass is 35.5. The summed E-state index contributed by atoms with van der Waals surface area (Å²) < 4.78 is 5.33. The molecule has 2 aromatic carbocycles. The van der Waals surface area contributed by atoms with Gasteiger partial charge in [0.1, 0.15) is 6.61 Å². The minimum Gasteiger partial charge on any atom is -0.463 e. The van der Waals surface area contributed by atoms with Crippen LogP contribution in [0.15, 0.2) is 47.6 Å². The lowest BCUT2D eigenvalue weighted by Crippen LogP contribution is -2.23. The monoisotopic (exact) mass is 418 g/mol. The summed E-state index contributed by atoms with van der Waals surface area (Å²) in [4.78, 5) is 13.7. The molecule has 0 bridgehead atoms. The lowest BCUT2D eigenvalue weighted by Gasteiger charge is -2.25. The molecule has 1 unspecified atom stereocenters. The Kier molecular flexibility index (Phi) is 10.0. The molecule has 1 atom stereocenters. The molecular weight excluding hydrogens is 388 g/mol. The van der Waals surface area contributed by atoms with Crippen molar-refractivity contribution < 1.29 is 9.53 Å². The van der Waals surface area contributed by atoms with E-state index in [1.54, 1.807) is 6.21 Å². The lowest BCUT2D eigenvalue weighted by atomic mass is 10.0. The van der Waals surface area contributed by atoms with Gasteiger partial charge in [-0.3, -0.25) is 4.79 Å². The van der Waals surface area contributed by atoms with Gasteiger partial charge in [-0.1, -0.05) is 18.2 Å². The van der Waals surface area contributed by atoms with E-state index in [-0.39, 0.29) is 31.0 Å². The standard InChI is InChI=1S/C22H30N4O2.ClH/c1-5-26(6-2)21-12-16(3)11-19(13-21)22(15-28-17(4)27)25-20-9-7-18(8-10-20)14-24-23;/h7-14,22,25H,5-6,15,23H2,1-4H3;1H. The number of aryl methyl sites for hydroxylation is 1. The van der Waals surface area contributed by atoms with Gasteiger partial charge < -0.3 is 20.8 Å². The largest absolute Gasteiger partial charge is 0.463 e. The molecule has 0 saturated heterocycles. The Bertz CT molecular complexity index is 805. The number of carbonyl (C=O) groups is 1. The number of esters is 1. The quantitative estimate of drug-likeness (QED) is 0.275. The summed E-state index contributed by atoms with van der Waals surface area (Å²) in [5.41, 5.74) is 5.27. The maximum absolute atomic E-state index is 11.4. The maximum atomic E-state index is 11.4. The second-order valence-corrected chi connectivity index (χ2v) is 6.67. The molecule has 0 saturated carbocycles. The predicted octanol–water partition coefficient (Wildman–Crippen LogP) is 4.27. The first kappa shape index (κ1) is 24.3. The van der Waals surface area contributed by atoms with Crippen LogP contribution in [-0.4, -0.2) is 31.9 Å². The first-order chi connectivity index (χ1) is 13.5. The van der Waals surface area contributed by atoms with E-state index in [1.807, 2.05) is 24.3 Å². The van der Waals surface area contributed by atoms with E-state index in [1.165, 1.54) is 18.2 Å². The number of anilines is 2. The molecule has 0 fully saturated rings. The fraction of sp³-hybridized carbons (Fsp3) is 0.364. The van der Waals surface area contributed by atoms with Crippen molar-refractivity contribution in [2.45, 2.75) is 33.7 Å². The van der Waals surface area contributed by atoms with Gasteiger partial charge in [-0.2, -0.15) is 5.10 Å². The molecular formula is C22H31ClN4O2. The summed E-state index contributed by atoms with van der Waals surface area (Å²) in [6.07, 6.45) is 1.59. The van der Waals surface area contributed by atoms with Crippen LogP contribution in [0.2, 0.25) is 0 Å². The Morgan fingerprint density at radius 2 is 1.86 bits per heavy atom. The van der Waals surface area contributed by atoms with Gasteiger partial charge in [0.25, 0.3) is 0 Å². The topological polar surface area (TPSA) is 80.0 Å². The number of hydrogen-bond donors (Lipinski definition) is 2. The molecule has 2 aromatic rings. The fourth-order valence-corrected chi connectivity index (χ4v) is 3.14. The zero-order valence-corrected chi connectivity index (χ0v) is 18.3. The molecule has 0 aliphatic heterocycles. The van der Waals surface area contributed by atoms with Crippen LogP contribution in [0.4, 0.5) is 11.4 Å². The maximum Gasteiger partial charge on any atom is 0.302 e. The molecule has 29 heavy (non-hydrogen) atoms. The van der Waals surface area contributed by atoms with Gasteiger partial charge in [0, 0.05) is 31.4 Å². The van der Waals surface area contributed by atoms with Crippen molar-refractivity contribution in [2.75, 3.05) is 29.9 Å². The fourth-order valence-electron chi connectivity index (χ4n) is 3.14. The molecule has 3 N–H and O–H groups in total. The highest BCUT2D eigenvalue weighted by Gasteiger charge is 2.16. The second kappa shape index (κ2) is 12.0. The minimum atomic E-state index is -0.294. The molecule has 0 aromatic heterocycles. The Morgan fingerprint density at radius 1 is 1.21 bits per heavy atom. The van der Waals surface area contributed by atoms with Crippen LogP contribution in [0.3, 0.4) is 0 Å². The van der Waals surface area contributed by atoms with Gasteiger partial charge in [0.2, 0.25) is 0 Å². The van der Waals surface area contributed by atoms with Crippen LogP contribution in [0.1, 0.15) is 43.5 Å². The zero-order valence-electron chi connectivity index (χ0n) is 17.5. The number of halogens is 1. The number of benzene rings is 2. The number of hydrogen-bond acceptors (Lipinski definition) is 6. The second-order valence-electron chi connectivity index (χ2n) is 6.67. The number of nitrogens with one attached hydrogen (secondary N) is 1. The number of carbonyl (C=O) groups excluding carboxylic acids is 1. The average molecular weight is 419 g/mol. The summed E-state index contributed by atoms with van der Waals surface area (Å²) >= 11 is 0. The summed E-state index contributed by atoms with van der Waals surface area (Å²) in [6, 6.07) is 14.1. The molecule has 158 valence electrons. The predicted molar refractivity (Wildman–Crippen MR) is 123 cm³/mol. The van der Waals surface area contributed by atoms with Gasteiger partial charge in [-0.15, -0.1) is 12.4 Å². The molecule has 0 spiro atoms. The first-order valence-electron chi connectivity index (χ1n) is 9.56. The normalized spacial score (nSPS) is 11.6. The summed E-state index contributed by atoms with van der Waals surface area (Å²) in [5.74, 6) is 4.91. The number of nitrogens with two attached hydrogens (primary N) is 1. The molecule has 7 heteroatoms. The van der Waals surface area contributed by atoms with Gasteiger partial charge >= 0.3 is 5.97 Å². The molecule has 0 aliphatic carbocycles. The average Bonchev–Trinajstić information content (AvgIpc) is 2.67. The number of rotatable bonds is 9. The SMILES string of the molecule is CCN(CC)c1cc(C)cc(C(COC(C)=O)Nc2ccc(C=NN)cc2)c1.Cl. The number of nitrogens with zero attached hydrogens (tertiary/aromatic N) is 2. The highest BCUT2D eigenvalue weighted by molar-refractivity contribution is 5.85. The first-order valence-corrected chi connectivity index (χ1v) is 9.56. The van der Waals surface area contributed by atoms with Crippen molar-refractivity contribution in [3.05, 3.63) is 59.2 Å². The van der Waals surface area contributed by atoms with Crippen LogP contribution in [-0.2, 0) is 9.53 Å². The van der Waals surface area contributed by atoms with Crippen LogP contribution in [0.5, 0.6) is 0 Å². The van der Waals surface area contributed by atoms with E-state index in [0.717, 1.165) is 29.9 Å². The van der Waals surface area contributed by atoms with E-state index < -0.39 is 0 Å². The van der Waals surface area contributed by atoms with Gasteiger partial charge in [-0.05, 0) is 61.7 Å². The van der Waals surface area contributed by atoms with E-state index in [9.17, 15) is 4.79 Å². The minimum absolute atomic E-state index is 0. The molecule has 0 radical (unpaired) electrons. The van der Waals surface area contributed by atoms with E-state index in [4.69, 9.17) is 10.6 Å². The van der Waals surface area contributed by atoms with Crippen molar-refractivity contribution >= 4 is 36.0 Å². The summed E-state index contributed by atoms with van der Waals surface area (Å²) in [7, 11) is 0. The van der Waals surface area contributed by atoms with E-state index in [2.05, 4.69) is 54.3 Å². The van der Waals surface area contributed by atoms with Crippen LogP contribution in [0.25, 0.3) is 0 Å². The van der Waals surface area contributed by atoms with Crippen molar-refractivity contribution in [2.24, 2.45) is 10.9 Å². The molecule has 6 nitrogen and oxygen atoms in total. The molecule has 0 aliphatic rings. The van der Waals surface area contributed by atoms with Gasteiger partial charge in [-0.25, -0.2) is 0 Å². The molecule has 2 rings (SSSR count). The Balaban J connectivity index is 0.00000420. The summed E-state index contributed by atoms with van der Waals surface area (Å²) in [5, 5.41) is 7.02. The van der Waals surface area contributed by atoms with Crippen molar-refractivity contribution in [1.29, 1.82) is 0 Å².